The highest BCUT2D eigenvalue weighted by Gasteiger charge is 2.11. The number of carbonyl (C=O) groups excluding carboxylic acids is 1. The van der Waals surface area contributed by atoms with Gasteiger partial charge in [-0.1, -0.05) is 70.9 Å². The summed E-state index contributed by atoms with van der Waals surface area (Å²) in [6.45, 7) is 3.59. The maximum atomic E-state index is 12.2. The Kier molecular flexibility index (Phi) is 7.95. The minimum Gasteiger partial charge on any atom is -0.356 e. The van der Waals surface area contributed by atoms with Gasteiger partial charge in [-0.05, 0) is 60.7 Å². The molecule has 170 valence electrons. The number of nitrogens with zero attached hydrogens (tertiary/aromatic N) is 2. The molecule has 1 N–H and O–H groups in total. The third-order valence-electron chi connectivity index (χ3n) is 6.00. The van der Waals surface area contributed by atoms with Crippen molar-refractivity contribution in [3.8, 4) is 0 Å². The van der Waals surface area contributed by atoms with Gasteiger partial charge in [-0.3, -0.25) is 4.79 Å². The van der Waals surface area contributed by atoms with E-state index < -0.39 is 0 Å². The molecule has 1 amide bonds. The van der Waals surface area contributed by atoms with Gasteiger partial charge in [0.2, 0.25) is 5.91 Å². The number of hydrogen-bond acceptors (Lipinski definition) is 2. The van der Waals surface area contributed by atoms with Crippen molar-refractivity contribution >= 4 is 32.9 Å². The first-order valence-corrected chi connectivity index (χ1v) is 12.4. The van der Waals surface area contributed by atoms with E-state index in [0.29, 0.717) is 6.42 Å². The number of aryl methyl sites for hydroxylation is 2. The van der Waals surface area contributed by atoms with Crippen molar-refractivity contribution in [3.05, 3.63) is 99.8 Å². The molecule has 3 aromatic carbocycles. The zero-order chi connectivity index (χ0) is 23.0. The van der Waals surface area contributed by atoms with Crippen molar-refractivity contribution < 1.29 is 4.79 Å². The Balaban J connectivity index is 1.28. The summed E-state index contributed by atoms with van der Waals surface area (Å²) in [5.74, 6) is 1.23. The van der Waals surface area contributed by atoms with Gasteiger partial charge in [0.25, 0.3) is 0 Å². The Morgan fingerprint density at radius 2 is 1.70 bits per heavy atom. The molecule has 4 rings (SSSR count). The van der Waals surface area contributed by atoms with Gasteiger partial charge >= 0.3 is 0 Å². The van der Waals surface area contributed by atoms with Crippen LogP contribution < -0.4 is 5.32 Å². The van der Waals surface area contributed by atoms with Crippen molar-refractivity contribution in [2.45, 2.75) is 45.6 Å². The smallest absolute Gasteiger partial charge is 0.224 e. The SMILES string of the molecule is Cc1ccccc1CC(=O)NCCCCCc1nc2ccccc2n1Cc1ccc(Br)cc1. The molecule has 1 heterocycles. The van der Waals surface area contributed by atoms with E-state index >= 15 is 0 Å². The number of fused-ring (bicyclic) bond motifs is 1. The normalized spacial score (nSPS) is 11.1. The van der Waals surface area contributed by atoms with Crippen molar-refractivity contribution in [1.82, 2.24) is 14.9 Å². The number of para-hydroxylation sites is 2. The third-order valence-corrected chi connectivity index (χ3v) is 6.53. The molecule has 0 aliphatic carbocycles. The Hall–Kier alpha value is -2.92. The zero-order valence-corrected chi connectivity index (χ0v) is 20.6. The number of imidazole rings is 1. The Morgan fingerprint density at radius 1 is 0.939 bits per heavy atom. The largest absolute Gasteiger partial charge is 0.356 e. The van der Waals surface area contributed by atoms with Gasteiger partial charge in [0.05, 0.1) is 17.5 Å². The van der Waals surface area contributed by atoms with Crippen molar-refractivity contribution in [2.75, 3.05) is 6.54 Å². The minimum atomic E-state index is 0.0978. The van der Waals surface area contributed by atoms with E-state index in [1.807, 2.05) is 37.3 Å². The van der Waals surface area contributed by atoms with Crippen LogP contribution in [0, 0.1) is 6.92 Å². The van der Waals surface area contributed by atoms with Crippen LogP contribution in [0.4, 0.5) is 0 Å². The second-order valence-electron chi connectivity index (χ2n) is 8.49. The average Bonchev–Trinajstić information content (AvgIpc) is 3.16. The lowest BCUT2D eigenvalue weighted by Crippen LogP contribution is -2.26. The predicted octanol–water partition coefficient (Wildman–Crippen LogP) is 6.23. The molecule has 0 saturated heterocycles. The standard InChI is InChI=1S/C28H30BrN3O/c1-21-9-4-5-10-23(21)19-28(33)30-18-8-2-3-13-27-31-25-11-6-7-12-26(25)32(27)20-22-14-16-24(29)17-15-22/h4-7,9-12,14-17H,2-3,8,13,18-20H2,1H3,(H,30,33). The number of unbranched alkanes of at least 4 members (excludes halogenated alkanes) is 2. The van der Waals surface area contributed by atoms with Gasteiger partial charge < -0.3 is 9.88 Å². The molecule has 0 spiro atoms. The van der Waals surface area contributed by atoms with Crippen LogP contribution in [0.1, 0.15) is 41.8 Å². The van der Waals surface area contributed by atoms with E-state index in [-0.39, 0.29) is 5.91 Å². The summed E-state index contributed by atoms with van der Waals surface area (Å²) >= 11 is 3.52. The number of nitrogens with one attached hydrogen (secondary N) is 1. The van der Waals surface area contributed by atoms with Crippen molar-refractivity contribution in [3.63, 3.8) is 0 Å². The number of aromatic nitrogens is 2. The van der Waals surface area contributed by atoms with E-state index in [2.05, 4.69) is 68.3 Å². The number of carbonyl (C=O) groups is 1. The van der Waals surface area contributed by atoms with Crippen LogP contribution in [0.3, 0.4) is 0 Å². The molecular formula is C28H30BrN3O. The van der Waals surface area contributed by atoms with E-state index in [1.54, 1.807) is 0 Å². The summed E-state index contributed by atoms with van der Waals surface area (Å²) in [5, 5.41) is 3.06. The molecule has 0 bridgehead atoms. The Labute approximate surface area is 204 Å². The molecule has 0 atom stereocenters. The van der Waals surface area contributed by atoms with E-state index in [0.717, 1.165) is 60.2 Å². The average molecular weight is 504 g/mol. The van der Waals surface area contributed by atoms with Gasteiger partial charge in [-0.2, -0.15) is 0 Å². The molecular weight excluding hydrogens is 474 g/mol. The third kappa shape index (κ3) is 6.32. The van der Waals surface area contributed by atoms with Crippen LogP contribution in [0.5, 0.6) is 0 Å². The van der Waals surface area contributed by atoms with Crippen molar-refractivity contribution in [1.29, 1.82) is 0 Å². The first-order valence-electron chi connectivity index (χ1n) is 11.6. The molecule has 4 nitrogen and oxygen atoms in total. The highest BCUT2D eigenvalue weighted by Crippen LogP contribution is 2.20. The molecule has 0 aliphatic heterocycles. The van der Waals surface area contributed by atoms with E-state index in [1.165, 1.54) is 16.6 Å². The first kappa shape index (κ1) is 23.2. The zero-order valence-electron chi connectivity index (χ0n) is 19.1. The predicted molar refractivity (Wildman–Crippen MR) is 138 cm³/mol. The van der Waals surface area contributed by atoms with Crippen LogP contribution in [0.25, 0.3) is 11.0 Å². The molecule has 4 aromatic rings. The van der Waals surface area contributed by atoms with Gasteiger partial charge in [-0.15, -0.1) is 0 Å². The van der Waals surface area contributed by atoms with Crippen molar-refractivity contribution in [2.24, 2.45) is 0 Å². The molecule has 5 heteroatoms. The second-order valence-corrected chi connectivity index (χ2v) is 9.41. The first-order chi connectivity index (χ1) is 16.1. The van der Waals surface area contributed by atoms with Gasteiger partial charge in [0.1, 0.15) is 5.82 Å². The molecule has 0 saturated carbocycles. The second kappa shape index (κ2) is 11.3. The molecule has 0 aliphatic rings. The van der Waals surface area contributed by atoms with Crippen LogP contribution in [-0.4, -0.2) is 22.0 Å². The lowest BCUT2D eigenvalue weighted by Gasteiger charge is -2.10. The number of benzene rings is 3. The lowest BCUT2D eigenvalue weighted by atomic mass is 10.1. The van der Waals surface area contributed by atoms with Gasteiger partial charge in [0.15, 0.2) is 0 Å². The fourth-order valence-electron chi connectivity index (χ4n) is 4.12. The summed E-state index contributed by atoms with van der Waals surface area (Å²) in [7, 11) is 0. The Morgan fingerprint density at radius 3 is 2.52 bits per heavy atom. The number of halogens is 1. The van der Waals surface area contributed by atoms with E-state index in [4.69, 9.17) is 4.98 Å². The highest BCUT2D eigenvalue weighted by molar-refractivity contribution is 9.10. The number of amides is 1. The quantitative estimate of drug-likeness (QED) is 0.261. The van der Waals surface area contributed by atoms with Crippen LogP contribution in [-0.2, 0) is 24.2 Å². The summed E-state index contributed by atoms with van der Waals surface area (Å²) in [4.78, 5) is 17.1. The maximum Gasteiger partial charge on any atom is 0.224 e. The van der Waals surface area contributed by atoms with Gasteiger partial charge in [0, 0.05) is 24.0 Å². The molecule has 0 fully saturated rings. The van der Waals surface area contributed by atoms with Crippen LogP contribution >= 0.6 is 15.9 Å². The summed E-state index contributed by atoms with van der Waals surface area (Å²) < 4.78 is 3.43. The molecule has 33 heavy (non-hydrogen) atoms. The topological polar surface area (TPSA) is 46.9 Å². The molecule has 1 aromatic heterocycles. The van der Waals surface area contributed by atoms with Crippen LogP contribution in [0.2, 0.25) is 0 Å². The molecule has 0 radical (unpaired) electrons. The maximum absolute atomic E-state index is 12.2. The monoisotopic (exact) mass is 503 g/mol. The lowest BCUT2D eigenvalue weighted by molar-refractivity contribution is -0.120. The fraction of sp³-hybridized carbons (Fsp3) is 0.286. The van der Waals surface area contributed by atoms with Crippen LogP contribution in [0.15, 0.2) is 77.3 Å². The summed E-state index contributed by atoms with van der Waals surface area (Å²) in [6, 6.07) is 24.9. The van der Waals surface area contributed by atoms with Gasteiger partial charge in [-0.25, -0.2) is 4.98 Å². The molecule has 0 unspecified atom stereocenters. The number of rotatable bonds is 10. The Bertz CT molecular complexity index is 1210. The summed E-state index contributed by atoms with van der Waals surface area (Å²) in [5.41, 5.74) is 5.75. The van der Waals surface area contributed by atoms with E-state index in [9.17, 15) is 4.79 Å². The fourth-order valence-corrected chi connectivity index (χ4v) is 4.39. The minimum absolute atomic E-state index is 0.0978. The highest BCUT2D eigenvalue weighted by atomic mass is 79.9. The summed E-state index contributed by atoms with van der Waals surface area (Å²) in [6.07, 6.45) is 4.48. The number of hydrogen-bond donors (Lipinski definition) is 1.